The van der Waals surface area contributed by atoms with E-state index in [-0.39, 0.29) is 23.6 Å². The van der Waals surface area contributed by atoms with E-state index in [2.05, 4.69) is 5.32 Å². The highest BCUT2D eigenvalue weighted by Crippen LogP contribution is 2.20. The van der Waals surface area contributed by atoms with E-state index in [0.717, 1.165) is 43.2 Å². The highest BCUT2D eigenvalue weighted by atomic mass is 16.5. The molecule has 6 heteroatoms. The summed E-state index contributed by atoms with van der Waals surface area (Å²) in [6.07, 6.45) is 9.55. The van der Waals surface area contributed by atoms with E-state index < -0.39 is 0 Å². The predicted octanol–water partition coefficient (Wildman–Crippen LogP) is 5.72. The van der Waals surface area contributed by atoms with Crippen LogP contribution in [0.25, 0.3) is 11.6 Å². The molecule has 0 bridgehead atoms. The van der Waals surface area contributed by atoms with Gasteiger partial charge < -0.3 is 4.74 Å². The molecule has 192 valence electrons. The summed E-state index contributed by atoms with van der Waals surface area (Å²) in [5.41, 5.74) is 3.79. The second kappa shape index (κ2) is 13.1. The minimum atomic E-state index is -0.378. The van der Waals surface area contributed by atoms with Gasteiger partial charge >= 0.3 is 5.97 Å². The highest BCUT2D eigenvalue weighted by molar-refractivity contribution is 6.33. The fourth-order valence-corrected chi connectivity index (χ4v) is 4.13. The van der Waals surface area contributed by atoms with Crippen LogP contribution in [0.1, 0.15) is 59.2 Å². The van der Waals surface area contributed by atoms with Crippen molar-refractivity contribution in [3.63, 3.8) is 0 Å². The molecule has 0 radical (unpaired) electrons. The Morgan fingerprint density at radius 1 is 0.789 bits per heavy atom. The largest absolute Gasteiger partial charge is 0.427 e. The zero-order valence-electron chi connectivity index (χ0n) is 21.0. The van der Waals surface area contributed by atoms with Crippen molar-refractivity contribution in [1.29, 1.82) is 0 Å². The van der Waals surface area contributed by atoms with E-state index in [1.165, 1.54) is 17.7 Å². The smallest absolute Gasteiger partial charge is 0.311 e. The van der Waals surface area contributed by atoms with Gasteiger partial charge in [-0.05, 0) is 54.2 Å². The maximum Gasteiger partial charge on any atom is 0.311 e. The Hall–Kier alpha value is -4.58. The van der Waals surface area contributed by atoms with Crippen molar-refractivity contribution in [3.8, 4) is 5.75 Å². The number of carbonyl (C=O) groups is 4. The monoisotopic (exact) mass is 507 g/mol. The number of esters is 1. The van der Waals surface area contributed by atoms with Crippen molar-refractivity contribution in [2.75, 3.05) is 0 Å². The lowest BCUT2D eigenvalue weighted by Gasteiger charge is -2.06. The van der Waals surface area contributed by atoms with Crippen LogP contribution in [0.4, 0.5) is 0 Å². The quantitative estimate of drug-likeness (QED) is 0.0846. The van der Waals surface area contributed by atoms with Crippen LogP contribution in [0.5, 0.6) is 5.75 Å². The number of ketones is 1. The van der Waals surface area contributed by atoms with Gasteiger partial charge in [-0.15, -0.1) is 0 Å². The van der Waals surface area contributed by atoms with Gasteiger partial charge in [-0.2, -0.15) is 0 Å². The Bertz CT molecular complexity index is 1350. The molecule has 2 amide bonds. The molecule has 0 saturated carbocycles. The Balaban J connectivity index is 1.11. The summed E-state index contributed by atoms with van der Waals surface area (Å²) < 4.78 is 5.42. The van der Waals surface area contributed by atoms with E-state index in [0.29, 0.717) is 23.3 Å². The first kappa shape index (κ1) is 26.5. The van der Waals surface area contributed by atoms with Crippen LogP contribution in [-0.4, -0.2) is 23.6 Å². The molecular weight excluding hydrogens is 478 g/mol. The summed E-state index contributed by atoms with van der Waals surface area (Å²) >= 11 is 0. The van der Waals surface area contributed by atoms with Crippen molar-refractivity contribution in [1.82, 2.24) is 5.32 Å². The number of rotatable bonds is 12. The van der Waals surface area contributed by atoms with E-state index in [4.69, 9.17) is 4.74 Å². The third kappa shape index (κ3) is 7.71. The molecule has 38 heavy (non-hydrogen) atoms. The number of allylic oxidation sites excluding steroid dienone is 1. The summed E-state index contributed by atoms with van der Waals surface area (Å²) in [6.45, 7) is 0. The van der Waals surface area contributed by atoms with Gasteiger partial charge in [0, 0.05) is 18.1 Å². The van der Waals surface area contributed by atoms with Gasteiger partial charge in [-0.3, -0.25) is 24.5 Å². The number of carbonyl (C=O) groups excluding carboxylic acids is 4. The normalized spacial score (nSPS) is 12.9. The molecule has 4 rings (SSSR count). The van der Waals surface area contributed by atoms with Crippen LogP contribution in [0, 0.1) is 0 Å². The molecule has 0 fully saturated rings. The Labute approximate surface area is 222 Å². The van der Waals surface area contributed by atoms with E-state index in [9.17, 15) is 19.2 Å². The molecule has 0 spiro atoms. The maximum atomic E-state index is 12.2. The van der Waals surface area contributed by atoms with Gasteiger partial charge in [0.25, 0.3) is 11.8 Å². The molecule has 3 aromatic rings. The van der Waals surface area contributed by atoms with Crippen LogP contribution in [0.2, 0.25) is 0 Å². The van der Waals surface area contributed by atoms with Crippen LogP contribution >= 0.6 is 0 Å². The Morgan fingerprint density at radius 3 is 2.18 bits per heavy atom. The zero-order chi connectivity index (χ0) is 26.7. The third-order valence-electron chi connectivity index (χ3n) is 6.22. The number of hydrogen-bond donors (Lipinski definition) is 1. The predicted molar refractivity (Wildman–Crippen MR) is 146 cm³/mol. The summed E-state index contributed by atoms with van der Waals surface area (Å²) in [5.74, 6) is -0.572. The minimum absolute atomic E-state index is 0.0644. The third-order valence-corrected chi connectivity index (χ3v) is 6.22. The second-order valence-corrected chi connectivity index (χ2v) is 9.09. The lowest BCUT2D eigenvalue weighted by molar-refractivity contribution is -0.134. The molecule has 3 aromatic carbocycles. The van der Waals surface area contributed by atoms with Crippen molar-refractivity contribution in [2.24, 2.45) is 0 Å². The molecule has 1 aliphatic rings. The first-order chi connectivity index (χ1) is 18.5. The fraction of sp³-hybridized carbons (Fsp3) is 0.188. The topological polar surface area (TPSA) is 89.5 Å². The number of ether oxygens (including phenoxy) is 1. The molecule has 1 N–H and O–H groups in total. The van der Waals surface area contributed by atoms with Crippen LogP contribution < -0.4 is 10.1 Å². The first-order valence-corrected chi connectivity index (χ1v) is 12.7. The molecule has 0 atom stereocenters. The second-order valence-electron chi connectivity index (χ2n) is 9.09. The number of amides is 2. The summed E-state index contributed by atoms with van der Waals surface area (Å²) in [7, 11) is 0. The molecule has 1 heterocycles. The summed E-state index contributed by atoms with van der Waals surface area (Å²) in [6, 6.07) is 23.8. The van der Waals surface area contributed by atoms with Gasteiger partial charge in [0.2, 0.25) is 0 Å². The maximum absolute atomic E-state index is 12.2. The van der Waals surface area contributed by atoms with Gasteiger partial charge in [-0.25, -0.2) is 0 Å². The van der Waals surface area contributed by atoms with E-state index in [1.54, 1.807) is 30.3 Å². The molecule has 0 saturated heterocycles. The van der Waals surface area contributed by atoms with Crippen molar-refractivity contribution in [3.05, 3.63) is 113 Å². The lowest BCUT2D eigenvalue weighted by atomic mass is 10.0. The highest BCUT2D eigenvalue weighted by Gasteiger charge is 2.21. The number of aryl methyl sites for hydroxylation is 1. The SMILES string of the molecule is O=C1C=C(c2ccc(CCCCCCC(=O)Oc3ccc(C=CC(=O)c4ccccc4)cc3)cc2)C(=O)N1. The number of imide groups is 1. The van der Waals surface area contributed by atoms with Gasteiger partial charge in [0.15, 0.2) is 5.78 Å². The zero-order valence-corrected chi connectivity index (χ0v) is 21.0. The summed E-state index contributed by atoms with van der Waals surface area (Å²) in [4.78, 5) is 47.4. The van der Waals surface area contributed by atoms with Crippen LogP contribution in [-0.2, 0) is 20.8 Å². The van der Waals surface area contributed by atoms with Crippen LogP contribution in [0.3, 0.4) is 0 Å². The number of benzene rings is 3. The average Bonchev–Trinajstić information content (AvgIpc) is 3.28. The van der Waals surface area contributed by atoms with E-state index >= 15 is 0 Å². The van der Waals surface area contributed by atoms with Crippen molar-refractivity contribution >= 4 is 35.2 Å². The first-order valence-electron chi connectivity index (χ1n) is 12.7. The van der Waals surface area contributed by atoms with Gasteiger partial charge in [0.1, 0.15) is 5.75 Å². The number of hydrogen-bond acceptors (Lipinski definition) is 5. The average molecular weight is 508 g/mol. The number of unbranched alkanes of at least 4 members (excludes halogenated alkanes) is 3. The molecule has 0 aliphatic carbocycles. The lowest BCUT2D eigenvalue weighted by Crippen LogP contribution is -2.21. The molecular formula is C32H29NO5. The minimum Gasteiger partial charge on any atom is -0.427 e. The molecule has 0 unspecified atom stereocenters. The fourth-order valence-electron chi connectivity index (χ4n) is 4.13. The van der Waals surface area contributed by atoms with Crippen molar-refractivity contribution in [2.45, 2.75) is 38.5 Å². The molecule has 6 nitrogen and oxygen atoms in total. The van der Waals surface area contributed by atoms with Gasteiger partial charge in [0.05, 0.1) is 5.57 Å². The van der Waals surface area contributed by atoms with Crippen LogP contribution in [0.15, 0.2) is 91.0 Å². The summed E-state index contributed by atoms with van der Waals surface area (Å²) in [5, 5.41) is 2.25. The van der Waals surface area contributed by atoms with Gasteiger partial charge in [-0.1, -0.05) is 85.6 Å². The molecule has 1 aliphatic heterocycles. The molecule has 0 aromatic heterocycles. The number of nitrogens with one attached hydrogen (secondary N) is 1. The van der Waals surface area contributed by atoms with Crippen molar-refractivity contribution < 1.29 is 23.9 Å². The van der Waals surface area contributed by atoms with E-state index in [1.807, 2.05) is 54.6 Å². The Morgan fingerprint density at radius 2 is 1.50 bits per heavy atom. The Kier molecular flexibility index (Phi) is 9.13. The standard InChI is InChI=1S/C32H29NO5/c34-29(26-9-5-3-6-10-26)21-16-24-14-19-27(20-15-24)38-31(36)11-7-2-1-4-8-23-12-17-25(18-13-23)28-22-30(35)33-32(28)37/h3,5-6,9-10,12-22H,1-2,4,7-8,11H2,(H,33,35,37).